The zero-order valence-electron chi connectivity index (χ0n) is 21.5. The molecule has 0 aliphatic heterocycles. The molecule has 1 amide bonds. The van der Waals surface area contributed by atoms with Crippen LogP contribution in [0.5, 0.6) is 5.75 Å². The molecule has 5 rings (SSSR count). The van der Waals surface area contributed by atoms with Crippen LogP contribution in [-0.2, 0) is 19.2 Å². The average molecular weight is 586 g/mol. The van der Waals surface area contributed by atoms with E-state index in [2.05, 4.69) is 5.10 Å². The van der Waals surface area contributed by atoms with Crippen molar-refractivity contribution in [3.05, 3.63) is 105 Å². The molecule has 4 aromatic rings. The molecule has 12 heteroatoms. The molecule has 212 valence electrons. The van der Waals surface area contributed by atoms with Crippen LogP contribution in [-0.4, -0.2) is 38.9 Å². The number of aromatic nitrogens is 2. The highest BCUT2D eigenvalue weighted by Gasteiger charge is 2.39. The van der Waals surface area contributed by atoms with Gasteiger partial charge in [0.2, 0.25) is 0 Å². The maximum absolute atomic E-state index is 13.7. The summed E-state index contributed by atoms with van der Waals surface area (Å²) < 4.78 is 47.8. The van der Waals surface area contributed by atoms with Crippen molar-refractivity contribution in [1.82, 2.24) is 9.78 Å². The van der Waals surface area contributed by atoms with Gasteiger partial charge in [-0.05, 0) is 78.6 Å². The molecule has 0 fully saturated rings. The van der Waals surface area contributed by atoms with E-state index in [1.807, 2.05) is 6.07 Å². The lowest BCUT2D eigenvalue weighted by Gasteiger charge is -2.19. The van der Waals surface area contributed by atoms with Crippen molar-refractivity contribution in [2.45, 2.75) is 31.7 Å². The van der Waals surface area contributed by atoms with Crippen LogP contribution in [0.15, 0.2) is 66.7 Å². The lowest BCUT2D eigenvalue weighted by Crippen LogP contribution is -2.26. The van der Waals surface area contributed by atoms with E-state index in [0.29, 0.717) is 12.1 Å². The summed E-state index contributed by atoms with van der Waals surface area (Å²) in [4.78, 5) is 25.8. The highest BCUT2D eigenvalue weighted by atomic mass is 35.5. The number of hydrogen-bond donors (Lipinski definition) is 2. The van der Waals surface area contributed by atoms with E-state index in [1.54, 1.807) is 19.2 Å². The molecule has 0 spiro atoms. The predicted molar refractivity (Wildman–Crippen MR) is 144 cm³/mol. The first kappa shape index (κ1) is 28.2. The number of carbonyl (C=O) groups is 2. The Bertz CT molecular complexity index is 1640. The van der Waals surface area contributed by atoms with Crippen molar-refractivity contribution in [3.63, 3.8) is 0 Å². The molecule has 1 aliphatic carbocycles. The number of alkyl halides is 3. The van der Waals surface area contributed by atoms with E-state index in [4.69, 9.17) is 21.4 Å². The quantitative estimate of drug-likeness (QED) is 0.272. The van der Waals surface area contributed by atoms with E-state index >= 15 is 0 Å². The van der Waals surface area contributed by atoms with Crippen molar-refractivity contribution in [2.75, 3.05) is 11.9 Å². The van der Waals surface area contributed by atoms with Gasteiger partial charge in [0.05, 0.1) is 22.4 Å². The minimum atomic E-state index is -4.86. The highest BCUT2D eigenvalue weighted by Crippen LogP contribution is 2.37. The normalized spacial score (nSPS) is 14.5. The third kappa shape index (κ3) is 5.63. The summed E-state index contributed by atoms with van der Waals surface area (Å²) in [5, 5.41) is 22.3. The number of halogens is 4. The number of aromatic carboxylic acids is 1. The molecular weight excluding hydrogens is 563 g/mol. The maximum atomic E-state index is 13.7. The van der Waals surface area contributed by atoms with Gasteiger partial charge in [0, 0.05) is 18.3 Å². The van der Waals surface area contributed by atoms with E-state index in [9.17, 15) is 27.9 Å². The second-order valence-corrected chi connectivity index (χ2v) is 9.87. The molecule has 0 saturated carbocycles. The van der Waals surface area contributed by atoms with Crippen LogP contribution < -0.4 is 9.64 Å². The maximum Gasteiger partial charge on any atom is 0.436 e. The molecule has 0 saturated heterocycles. The number of aliphatic hydroxyl groups excluding tert-OH is 1. The molecule has 41 heavy (non-hydrogen) atoms. The van der Waals surface area contributed by atoms with Crippen LogP contribution in [0, 0.1) is 0 Å². The molecule has 3 aromatic carbocycles. The standard InChI is InChI=1S/C29H23ClF3N3O5/c1-35(19-9-5-16-8-12-24(37)22(16)14-19)27(38)18-3-2-4-20(13-18)36-23(25(30)26(34-36)29(31,32)33)15-41-21-10-6-17(7-11-21)28(39)40/h2-7,9-11,13-14,24,37H,8,12,15H2,1H3,(H,39,40). The summed E-state index contributed by atoms with van der Waals surface area (Å²) in [5.41, 5.74) is 1.26. The minimum absolute atomic E-state index is 0.0160. The summed E-state index contributed by atoms with van der Waals surface area (Å²) in [6.45, 7) is -0.427. The summed E-state index contributed by atoms with van der Waals surface area (Å²) in [5.74, 6) is -1.36. The van der Waals surface area contributed by atoms with Crippen molar-refractivity contribution in [3.8, 4) is 11.4 Å². The van der Waals surface area contributed by atoms with Gasteiger partial charge in [-0.1, -0.05) is 23.7 Å². The van der Waals surface area contributed by atoms with Gasteiger partial charge in [-0.15, -0.1) is 0 Å². The van der Waals surface area contributed by atoms with Gasteiger partial charge in [0.25, 0.3) is 5.91 Å². The Balaban J connectivity index is 1.45. The zero-order valence-corrected chi connectivity index (χ0v) is 22.3. The van der Waals surface area contributed by atoms with Crippen LogP contribution in [0.3, 0.4) is 0 Å². The Hall–Kier alpha value is -4.35. The minimum Gasteiger partial charge on any atom is -0.487 e. The summed E-state index contributed by atoms with van der Waals surface area (Å²) in [6.07, 6.45) is -4.08. The SMILES string of the molecule is CN(C(=O)c1cccc(-n2nc(C(F)(F)F)c(Cl)c2COc2ccc(C(=O)O)cc2)c1)c1ccc2c(c1)C(O)CC2. The number of rotatable bonds is 7. The molecule has 8 nitrogen and oxygen atoms in total. The number of carboxylic acid groups (broad SMARTS) is 1. The largest absolute Gasteiger partial charge is 0.487 e. The van der Waals surface area contributed by atoms with Gasteiger partial charge >= 0.3 is 12.1 Å². The van der Waals surface area contributed by atoms with Crippen molar-refractivity contribution < 1.29 is 37.7 Å². The van der Waals surface area contributed by atoms with Gasteiger partial charge in [-0.2, -0.15) is 18.3 Å². The van der Waals surface area contributed by atoms with Gasteiger partial charge in [0.15, 0.2) is 5.69 Å². The Labute approximate surface area is 237 Å². The zero-order chi connectivity index (χ0) is 29.5. The fourth-order valence-corrected chi connectivity index (χ4v) is 4.94. The number of amides is 1. The Kier molecular flexibility index (Phi) is 7.50. The Morgan fingerprint density at radius 1 is 1.10 bits per heavy atom. The number of aryl methyl sites for hydroxylation is 1. The fourth-order valence-electron chi connectivity index (χ4n) is 4.66. The second kappa shape index (κ2) is 10.9. The van der Waals surface area contributed by atoms with Crippen LogP contribution in [0.2, 0.25) is 5.02 Å². The third-order valence-corrected chi connectivity index (χ3v) is 7.26. The number of anilines is 1. The monoisotopic (exact) mass is 585 g/mol. The molecule has 2 N–H and O–H groups in total. The van der Waals surface area contributed by atoms with Gasteiger partial charge in [-0.25, -0.2) is 9.48 Å². The number of nitrogens with zero attached hydrogens (tertiary/aromatic N) is 3. The first-order valence-corrected chi connectivity index (χ1v) is 12.8. The molecule has 1 heterocycles. The smallest absolute Gasteiger partial charge is 0.436 e. The number of aliphatic hydroxyl groups is 1. The van der Waals surface area contributed by atoms with Crippen LogP contribution >= 0.6 is 11.6 Å². The predicted octanol–water partition coefficient (Wildman–Crippen LogP) is 6.08. The first-order valence-electron chi connectivity index (χ1n) is 12.4. The molecule has 1 atom stereocenters. The third-order valence-electron chi connectivity index (χ3n) is 6.87. The number of benzene rings is 3. The summed E-state index contributed by atoms with van der Waals surface area (Å²) >= 11 is 6.13. The van der Waals surface area contributed by atoms with Crippen molar-refractivity contribution >= 4 is 29.2 Å². The fraction of sp³-hybridized carbons (Fsp3) is 0.207. The number of carbonyl (C=O) groups excluding carboxylic acids is 1. The lowest BCUT2D eigenvalue weighted by atomic mass is 10.1. The van der Waals surface area contributed by atoms with E-state index in [-0.39, 0.29) is 28.3 Å². The topological polar surface area (TPSA) is 105 Å². The second-order valence-electron chi connectivity index (χ2n) is 9.49. The van der Waals surface area contributed by atoms with E-state index < -0.39 is 41.5 Å². The summed E-state index contributed by atoms with van der Waals surface area (Å²) in [7, 11) is 1.57. The van der Waals surface area contributed by atoms with Gasteiger partial charge in [-0.3, -0.25) is 4.79 Å². The van der Waals surface area contributed by atoms with Crippen molar-refractivity contribution in [1.29, 1.82) is 0 Å². The molecule has 1 aromatic heterocycles. The van der Waals surface area contributed by atoms with E-state index in [1.165, 1.54) is 53.4 Å². The van der Waals surface area contributed by atoms with Crippen molar-refractivity contribution in [2.24, 2.45) is 0 Å². The van der Waals surface area contributed by atoms with Gasteiger partial charge in [0.1, 0.15) is 18.1 Å². The average Bonchev–Trinajstić information content (AvgIpc) is 3.50. The van der Waals surface area contributed by atoms with Crippen LogP contribution in [0.25, 0.3) is 5.69 Å². The number of ether oxygens (including phenoxy) is 1. The molecule has 1 unspecified atom stereocenters. The van der Waals surface area contributed by atoms with E-state index in [0.717, 1.165) is 22.2 Å². The Morgan fingerprint density at radius 3 is 2.51 bits per heavy atom. The molecule has 1 aliphatic rings. The number of carboxylic acids is 1. The van der Waals surface area contributed by atoms with Gasteiger partial charge < -0.3 is 19.8 Å². The number of fused-ring (bicyclic) bond motifs is 1. The van der Waals surface area contributed by atoms with Crippen LogP contribution in [0.1, 0.15) is 55.8 Å². The number of hydrogen-bond acceptors (Lipinski definition) is 5. The highest BCUT2D eigenvalue weighted by molar-refractivity contribution is 6.32. The lowest BCUT2D eigenvalue weighted by molar-refractivity contribution is -0.141. The summed E-state index contributed by atoms with van der Waals surface area (Å²) in [6, 6.07) is 16.7. The Morgan fingerprint density at radius 2 is 1.83 bits per heavy atom. The molecular formula is C29H23ClF3N3O5. The molecule has 0 radical (unpaired) electrons. The van der Waals surface area contributed by atoms with Crippen LogP contribution in [0.4, 0.5) is 18.9 Å². The molecule has 0 bridgehead atoms. The first-order chi connectivity index (χ1) is 19.4.